The summed E-state index contributed by atoms with van der Waals surface area (Å²) >= 11 is 0. The van der Waals surface area contributed by atoms with Gasteiger partial charge in [-0.2, -0.15) is 0 Å². The zero-order valence-corrected chi connectivity index (χ0v) is 7.48. The predicted molar refractivity (Wildman–Crippen MR) is 47.9 cm³/mol. The number of hydrazine groups is 1. The molecule has 6 heteroatoms. The summed E-state index contributed by atoms with van der Waals surface area (Å²) in [5, 5.41) is 0. The summed E-state index contributed by atoms with van der Waals surface area (Å²) in [6.07, 6.45) is 2.84. The van der Waals surface area contributed by atoms with E-state index in [1.165, 1.54) is 17.3 Å². The average Bonchev–Trinajstić information content (AvgIpc) is 2.17. The molecule has 3 N–H and O–H groups in total. The number of amides is 1. The Balaban J connectivity index is 2.86. The minimum atomic E-state index is -0.136. The molecule has 1 rings (SSSR count). The Morgan fingerprint density at radius 2 is 2.00 bits per heavy atom. The molecule has 0 fully saturated rings. The first-order valence-corrected chi connectivity index (χ1v) is 3.65. The molecule has 13 heavy (non-hydrogen) atoms. The van der Waals surface area contributed by atoms with Gasteiger partial charge in [-0.25, -0.2) is 15.8 Å². The number of nitrogen functional groups attached to an aromatic ring is 1. The molecule has 0 aromatic carbocycles. The molecular weight excluding hydrogens is 170 g/mol. The highest BCUT2D eigenvalue weighted by Crippen LogP contribution is 2.00. The molecule has 0 aliphatic heterocycles. The van der Waals surface area contributed by atoms with Crippen molar-refractivity contribution in [3.8, 4) is 0 Å². The Bertz CT molecular complexity index is 294. The van der Waals surface area contributed by atoms with Gasteiger partial charge in [0.25, 0.3) is 5.91 Å². The monoisotopic (exact) mass is 181 g/mol. The van der Waals surface area contributed by atoms with Gasteiger partial charge in [-0.1, -0.05) is 0 Å². The molecule has 1 aromatic heterocycles. The lowest BCUT2D eigenvalue weighted by Gasteiger charge is -2.09. The molecule has 0 bridgehead atoms. The number of nitrogens with one attached hydrogen (secondary N) is 1. The molecule has 6 nitrogen and oxygen atoms in total. The van der Waals surface area contributed by atoms with Crippen LogP contribution >= 0.6 is 0 Å². The maximum Gasteiger partial charge on any atom is 0.256 e. The molecule has 0 saturated heterocycles. The van der Waals surface area contributed by atoms with Crippen molar-refractivity contribution in [2.24, 2.45) is 5.84 Å². The number of rotatable bonds is 2. The molecule has 0 atom stereocenters. The van der Waals surface area contributed by atoms with Crippen LogP contribution in [0.3, 0.4) is 0 Å². The lowest BCUT2D eigenvalue weighted by Crippen LogP contribution is -2.22. The second kappa shape index (κ2) is 3.81. The van der Waals surface area contributed by atoms with E-state index in [1.807, 2.05) is 0 Å². The lowest BCUT2D eigenvalue weighted by molar-refractivity contribution is 0.0827. The normalized spacial score (nSPS) is 9.46. The Labute approximate surface area is 75.7 Å². The molecule has 0 aliphatic rings. The number of carbonyl (C=O) groups is 1. The van der Waals surface area contributed by atoms with Crippen LogP contribution in [0, 0.1) is 0 Å². The minimum absolute atomic E-state index is 0.136. The molecule has 70 valence electrons. The first-order valence-electron chi connectivity index (χ1n) is 3.65. The summed E-state index contributed by atoms with van der Waals surface area (Å²) in [7, 11) is 3.33. The fourth-order valence-electron chi connectivity index (χ4n) is 0.771. The fourth-order valence-corrected chi connectivity index (χ4v) is 0.771. The van der Waals surface area contributed by atoms with Gasteiger partial charge in [-0.05, 0) is 0 Å². The van der Waals surface area contributed by atoms with Gasteiger partial charge in [-0.15, -0.1) is 0 Å². The van der Waals surface area contributed by atoms with E-state index >= 15 is 0 Å². The van der Waals surface area contributed by atoms with Crippen LogP contribution in [-0.2, 0) is 0 Å². The maximum absolute atomic E-state index is 11.3. The molecule has 0 saturated carbocycles. The molecule has 0 radical (unpaired) electrons. The van der Waals surface area contributed by atoms with E-state index in [0.717, 1.165) is 0 Å². The van der Waals surface area contributed by atoms with Gasteiger partial charge < -0.3 is 4.90 Å². The van der Waals surface area contributed by atoms with Crippen LogP contribution in [0.5, 0.6) is 0 Å². The van der Waals surface area contributed by atoms with Crippen LogP contribution in [0.1, 0.15) is 10.4 Å². The summed E-state index contributed by atoms with van der Waals surface area (Å²) in [5.41, 5.74) is 2.71. The van der Waals surface area contributed by atoms with Crippen molar-refractivity contribution in [2.45, 2.75) is 0 Å². The third kappa shape index (κ3) is 2.12. The first kappa shape index (κ1) is 9.40. The van der Waals surface area contributed by atoms with Crippen molar-refractivity contribution in [3.63, 3.8) is 0 Å². The molecule has 0 spiro atoms. The Morgan fingerprint density at radius 3 is 2.38 bits per heavy atom. The van der Waals surface area contributed by atoms with Gasteiger partial charge in [0.2, 0.25) is 5.95 Å². The van der Waals surface area contributed by atoms with Crippen molar-refractivity contribution in [1.82, 2.24) is 14.9 Å². The van der Waals surface area contributed by atoms with Gasteiger partial charge in [0, 0.05) is 26.5 Å². The van der Waals surface area contributed by atoms with Gasteiger partial charge in [-0.3, -0.25) is 10.2 Å². The Kier molecular flexibility index (Phi) is 2.76. The summed E-state index contributed by atoms with van der Waals surface area (Å²) in [4.78, 5) is 20.4. The molecule has 0 aliphatic carbocycles. The number of anilines is 1. The number of nitrogens with two attached hydrogens (primary N) is 1. The van der Waals surface area contributed by atoms with Gasteiger partial charge in [0.05, 0.1) is 5.56 Å². The van der Waals surface area contributed by atoms with Crippen LogP contribution in [-0.4, -0.2) is 34.9 Å². The van der Waals surface area contributed by atoms with E-state index in [1.54, 1.807) is 14.1 Å². The number of hydrogen-bond donors (Lipinski definition) is 2. The molecule has 1 aromatic rings. The number of aromatic nitrogens is 2. The molecule has 1 amide bonds. The third-order valence-corrected chi connectivity index (χ3v) is 1.43. The second-order valence-corrected chi connectivity index (χ2v) is 2.64. The molecule has 0 unspecified atom stereocenters. The highest BCUT2D eigenvalue weighted by atomic mass is 16.2. The zero-order chi connectivity index (χ0) is 9.84. The number of nitrogens with zero attached hydrogens (tertiary/aromatic N) is 3. The Hall–Kier alpha value is -1.69. The van der Waals surface area contributed by atoms with E-state index < -0.39 is 0 Å². The molecule has 1 heterocycles. The van der Waals surface area contributed by atoms with Crippen LogP contribution in [0.25, 0.3) is 0 Å². The van der Waals surface area contributed by atoms with E-state index in [9.17, 15) is 4.79 Å². The van der Waals surface area contributed by atoms with Crippen molar-refractivity contribution in [3.05, 3.63) is 18.0 Å². The van der Waals surface area contributed by atoms with E-state index in [0.29, 0.717) is 5.56 Å². The predicted octanol–water partition coefficient (Wildman–Crippen LogP) is -0.536. The van der Waals surface area contributed by atoms with E-state index in [-0.39, 0.29) is 11.9 Å². The highest BCUT2D eigenvalue weighted by molar-refractivity contribution is 5.93. The van der Waals surface area contributed by atoms with Crippen LogP contribution in [0.4, 0.5) is 5.95 Å². The van der Waals surface area contributed by atoms with Gasteiger partial charge >= 0.3 is 0 Å². The van der Waals surface area contributed by atoms with Crippen LogP contribution in [0.15, 0.2) is 12.4 Å². The second-order valence-electron chi connectivity index (χ2n) is 2.64. The SMILES string of the molecule is CN(C)C(=O)c1cnc(NN)nc1. The van der Waals surface area contributed by atoms with Crippen molar-refractivity contribution in [1.29, 1.82) is 0 Å². The standard InChI is InChI=1S/C7H11N5O/c1-12(2)6(13)5-3-9-7(11-8)10-4-5/h3-4H,8H2,1-2H3,(H,9,10,11). The van der Waals surface area contributed by atoms with Crippen molar-refractivity contribution >= 4 is 11.9 Å². The Morgan fingerprint density at radius 1 is 1.46 bits per heavy atom. The number of carbonyl (C=O) groups excluding carboxylic acids is 1. The third-order valence-electron chi connectivity index (χ3n) is 1.43. The minimum Gasteiger partial charge on any atom is -0.345 e. The molecular formula is C7H11N5O. The van der Waals surface area contributed by atoms with E-state index in [4.69, 9.17) is 5.84 Å². The maximum atomic E-state index is 11.3. The lowest BCUT2D eigenvalue weighted by atomic mass is 10.3. The smallest absolute Gasteiger partial charge is 0.256 e. The van der Waals surface area contributed by atoms with Crippen LogP contribution in [0.2, 0.25) is 0 Å². The van der Waals surface area contributed by atoms with Gasteiger partial charge in [0.1, 0.15) is 0 Å². The summed E-state index contributed by atoms with van der Waals surface area (Å²) in [5.74, 6) is 5.22. The highest BCUT2D eigenvalue weighted by Gasteiger charge is 2.08. The first-order chi connectivity index (χ1) is 6.15. The van der Waals surface area contributed by atoms with E-state index in [2.05, 4.69) is 15.4 Å². The zero-order valence-electron chi connectivity index (χ0n) is 7.48. The summed E-state index contributed by atoms with van der Waals surface area (Å²) in [6.45, 7) is 0. The fraction of sp³-hybridized carbons (Fsp3) is 0.286. The van der Waals surface area contributed by atoms with Gasteiger partial charge in [0.15, 0.2) is 0 Å². The number of hydrogen-bond acceptors (Lipinski definition) is 5. The van der Waals surface area contributed by atoms with Crippen molar-refractivity contribution in [2.75, 3.05) is 19.5 Å². The van der Waals surface area contributed by atoms with Crippen molar-refractivity contribution < 1.29 is 4.79 Å². The average molecular weight is 181 g/mol. The largest absolute Gasteiger partial charge is 0.345 e. The topological polar surface area (TPSA) is 84.1 Å². The van der Waals surface area contributed by atoms with Crippen LogP contribution < -0.4 is 11.3 Å². The quantitative estimate of drug-likeness (QED) is 0.473. The summed E-state index contributed by atoms with van der Waals surface area (Å²) in [6, 6.07) is 0. The summed E-state index contributed by atoms with van der Waals surface area (Å²) < 4.78 is 0.